The van der Waals surface area contributed by atoms with Crippen molar-refractivity contribution in [3.63, 3.8) is 0 Å². The molecule has 110 valence electrons. The first-order chi connectivity index (χ1) is 8.80. The Balaban J connectivity index is 2.30. The fraction of sp³-hybridized carbons (Fsp3) is 0.923. The molecule has 0 saturated carbocycles. The zero-order chi connectivity index (χ0) is 14.5. The van der Waals surface area contributed by atoms with Gasteiger partial charge in [-0.25, -0.2) is 8.42 Å². The third-order valence-corrected chi connectivity index (χ3v) is 5.60. The van der Waals surface area contributed by atoms with Crippen LogP contribution in [0.3, 0.4) is 0 Å². The number of hydrogen-bond acceptors (Lipinski definition) is 5. The quantitative estimate of drug-likeness (QED) is 0.720. The minimum atomic E-state index is -2.84. The van der Waals surface area contributed by atoms with Crippen molar-refractivity contribution >= 4 is 9.84 Å². The molecule has 5 nitrogen and oxygen atoms in total. The molecule has 0 atom stereocenters. The summed E-state index contributed by atoms with van der Waals surface area (Å²) in [7, 11) is -2.84. The van der Waals surface area contributed by atoms with Crippen LogP contribution in [0.25, 0.3) is 0 Å². The van der Waals surface area contributed by atoms with Gasteiger partial charge in [0.25, 0.3) is 0 Å². The maximum absolute atomic E-state index is 11.4. The summed E-state index contributed by atoms with van der Waals surface area (Å²) in [5.74, 6) is 0.518. The molecule has 0 aromatic carbocycles. The molecule has 0 unspecified atom stereocenters. The Hall–Kier alpha value is -0.640. The molecule has 0 bridgehead atoms. The fourth-order valence-electron chi connectivity index (χ4n) is 2.25. The highest BCUT2D eigenvalue weighted by molar-refractivity contribution is 7.91. The van der Waals surface area contributed by atoms with Gasteiger partial charge in [0.05, 0.1) is 11.8 Å². The lowest BCUT2D eigenvalue weighted by atomic mass is 10.0. The van der Waals surface area contributed by atoms with E-state index in [4.69, 9.17) is 5.26 Å². The molecular weight excluding hydrogens is 262 g/mol. The Bertz CT molecular complexity index is 418. The molecule has 1 aliphatic rings. The van der Waals surface area contributed by atoms with E-state index in [-0.39, 0.29) is 11.5 Å². The number of nitrogens with zero attached hydrogens (tertiary/aromatic N) is 3. The molecule has 0 aliphatic carbocycles. The maximum Gasteiger partial charge on any atom is 0.150 e. The Morgan fingerprint density at radius 1 is 1.21 bits per heavy atom. The van der Waals surface area contributed by atoms with E-state index in [0.29, 0.717) is 6.42 Å². The predicted octanol–water partition coefficient (Wildman–Crippen LogP) is 0.731. The molecule has 0 radical (unpaired) electrons. The van der Waals surface area contributed by atoms with Crippen molar-refractivity contribution in [2.45, 2.75) is 32.7 Å². The lowest BCUT2D eigenvalue weighted by Crippen LogP contribution is -2.54. The van der Waals surface area contributed by atoms with Crippen LogP contribution in [-0.2, 0) is 9.84 Å². The largest absolute Gasteiger partial charge is 0.301 e. The van der Waals surface area contributed by atoms with E-state index in [1.165, 1.54) is 0 Å². The Kier molecular flexibility index (Phi) is 5.78. The Labute approximate surface area is 117 Å². The number of hydrogen-bond donors (Lipinski definition) is 0. The third-order valence-electron chi connectivity index (χ3n) is 3.81. The highest BCUT2D eigenvalue weighted by atomic mass is 32.2. The molecule has 19 heavy (non-hydrogen) atoms. The Morgan fingerprint density at radius 3 is 2.26 bits per heavy atom. The predicted molar refractivity (Wildman–Crippen MR) is 76.6 cm³/mol. The lowest BCUT2D eigenvalue weighted by Gasteiger charge is -2.40. The van der Waals surface area contributed by atoms with E-state index < -0.39 is 15.4 Å². The van der Waals surface area contributed by atoms with E-state index in [1.54, 1.807) is 6.92 Å². The van der Waals surface area contributed by atoms with Crippen LogP contribution in [0, 0.1) is 11.3 Å². The SMILES string of the molecule is CCS(=O)(=O)CCCN1CCN(C(C)(C)C#N)CC1. The van der Waals surface area contributed by atoms with E-state index in [2.05, 4.69) is 15.9 Å². The first kappa shape index (κ1) is 16.4. The molecular formula is C13H25N3O2S. The molecule has 6 heteroatoms. The molecule has 1 aliphatic heterocycles. The van der Waals surface area contributed by atoms with Crippen LogP contribution in [0.2, 0.25) is 0 Å². The van der Waals surface area contributed by atoms with Gasteiger partial charge in [-0.1, -0.05) is 6.92 Å². The van der Waals surface area contributed by atoms with Gasteiger partial charge in [-0.2, -0.15) is 5.26 Å². The molecule has 0 spiro atoms. The minimum absolute atomic E-state index is 0.233. The van der Waals surface area contributed by atoms with Crippen LogP contribution in [0.15, 0.2) is 0 Å². The molecule has 1 saturated heterocycles. The van der Waals surface area contributed by atoms with Gasteiger partial charge in [-0.15, -0.1) is 0 Å². The maximum atomic E-state index is 11.4. The van der Waals surface area contributed by atoms with Gasteiger partial charge < -0.3 is 4.90 Å². The second-order valence-electron chi connectivity index (χ2n) is 5.59. The van der Waals surface area contributed by atoms with Crippen LogP contribution in [0.5, 0.6) is 0 Å². The van der Waals surface area contributed by atoms with Gasteiger partial charge in [0.2, 0.25) is 0 Å². The van der Waals surface area contributed by atoms with Crippen LogP contribution < -0.4 is 0 Å². The summed E-state index contributed by atoms with van der Waals surface area (Å²) in [5.41, 5.74) is -0.405. The standard InChI is InChI=1S/C13H25N3O2S/c1-4-19(17,18)11-5-6-15-7-9-16(10-8-15)13(2,3)12-14/h4-11H2,1-3H3. The van der Waals surface area contributed by atoms with Crippen molar-refractivity contribution in [3.8, 4) is 6.07 Å². The number of sulfone groups is 1. The summed E-state index contributed by atoms with van der Waals surface area (Å²) < 4.78 is 22.8. The van der Waals surface area contributed by atoms with E-state index >= 15 is 0 Å². The van der Waals surface area contributed by atoms with Crippen molar-refractivity contribution in [2.75, 3.05) is 44.2 Å². The summed E-state index contributed by atoms with van der Waals surface area (Å²) in [5, 5.41) is 9.10. The van der Waals surface area contributed by atoms with Crippen LogP contribution in [0.1, 0.15) is 27.2 Å². The number of piperazine rings is 1. The molecule has 1 rings (SSSR count). The molecule has 0 aromatic rings. The van der Waals surface area contributed by atoms with Crippen LogP contribution in [0.4, 0.5) is 0 Å². The first-order valence-electron chi connectivity index (χ1n) is 6.90. The normalized spacial score (nSPS) is 19.3. The monoisotopic (exact) mass is 287 g/mol. The van der Waals surface area contributed by atoms with E-state index in [1.807, 2.05) is 13.8 Å². The second kappa shape index (κ2) is 6.69. The minimum Gasteiger partial charge on any atom is -0.301 e. The number of rotatable bonds is 6. The van der Waals surface area contributed by atoms with Gasteiger partial charge in [0, 0.05) is 31.9 Å². The molecule has 0 aromatic heterocycles. The van der Waals surface area contributed by atoms with Crippen molar-refractivity contribution in [2.24, 2.45) is 0 Å². The fourth-order valence-corrected chi connectivity index (χ4v) is 3.11. The van der Waals surface area contributed by atoms with E-state index in [0.717, 1.165) is 32.7 Å². The van der Waals surface area contributed by atoms with Crippen LogP contribution >= 0.6 is 0 Å². The highest BCUT2D eigenvalue weighted by Gasteiger charge is 2.29. The summed E-state index contributed by atoms with van der Waals surface area (Å²) in [6, 6.07) is 2.32. The summed E-state index contributed by atoms with van der Waals surface area (Å²) >= 11 is 0. The third kappa shape index (κ3) is 5.09. The molecule has 0 amide bonds. The first-order valence-corrected chi connectivity index (χ1v) is 8.72. The Morgan fingerprint density at radius 2 is 1.79 bits per heavy atom. The van der Waals surface area contributed by atoms with Crippen molar-refractivity contribution < 1.29 is 8.42 Å². The van der Waals surface area contributed by atoms with Gasteiger partial charge in [0.1, 0.15) is 15.4 Å². The molecule has 1 fully saturated rings. The van der Waals surface area contributed by atoms with Gasteiger partial charge in [0.15, 0.2) is 0 Å². The average Bonchev–Trinajstić information content (AvgIpc) is 2.39. The van der Waals surface area contributed by atoms with Gasteiger partial charge in [-0.3, -0.25) is 4.90 Å². The molecule has 0 N–H and O–H groups in total. The van der Waals surface area contributed by atoms with Crippen LogP contribution in [-0.4, -0.2) is 68.0 Å². The summed E-state index contributed by atoms with van der Waals surface area (Å²) in [4.78, 5) is 4.47. The summed E-state index contributed by atoms with van der Waals surface area (Å²) in [6.07, 6.45) is 0.706. The highest BCUT2D eigenvalue weighted by Crippen LogP contribution is 2.15. The zero-order valence-corrected chi connectivity index (χ0v) is 13.0. The molecule has 1 heterocycles. The lowest BCUT2D eigenvalue weighted by molar-refractivity contribution is 0.0803. The number of nitriles is 1. The zero-order valence-electron chi connectivity index (χ0n) is 12.2. The van der Waals surface area contributed by atoms with Gasteiger partial charge >= 0.3 is 0 Å². The van der Waals surface area contributed by atoms with Crippen molar-refractivity contribution in [1.29, 1.82) is 5.26 Å². The summed E-state index contributed by atoms with van der Waals surface area (Å²) in [6.45, 7) is 9.99. The smallest absolute Gasteiger partial charge is 0.150 e. The topological polar surface area (TPSA) is 64.4 Å². The van der Waals surface area contributed by atoms with Crippen molar-refractivity contribution in [3.05, 3.63) is 0 Å². The van der Waals surface area contributed by atoms with E-state index in [9.17, 15) is 8.42 Å². The van der Waals surface area contributed by atoms with Crippen molar-refractivity contribution in [1.82, 2.24) is 9.80 Å². The van der Waals surface area contributed by atoms with Gasteiger partial charge in [-0.05, 0) is 26.8 Å². The average molecular weight is 287 g/mol. The second-order valence-corrected chi connectivity index (χ2v) is 8.06.